The monoisotopic (exact) mass is 632 g/mol. The first-order valence-corrected chi connectivity index (χ1v) is 17.3. The van der Waals surface area contributed by atoms with Crippen molar-refractivity contribution in [3.63, 3.8) is 0 Å². The summed E-state index contributed by atoms with van der Waals surface area (Å²) in [7, 11) is -2.54. The van der Waals surface area contributed by atoms with E-state index in [1.165, 1.54) is 25.6 Å². The number of hydrogen-bond donors (Lipinski definition) is 2. The second-order valence-electron chi connectivity index (χ2n) is 11.5. The summed E-state index contributed by atoms with van der Waals surface area (Å²) in [6.07, 6.45) is 5.49. The number of morpholine rings is 1. The van der Waals surface area contributed by atoms with E-state index < -0.39 is 16.1 Å². The molecule has 2 unspecified atom stereocenters. The van der Waals surface area contributed by atoms with Crippen molar-refractivity contribution >= 4 is 15.5 Å². The second kappa shape index (κ2) is 15.4. The van der Waals surface area contributed by atoms with Crippen LogP contribution in [0.1, 0.15) is 76.7 Å². The van der Waals surface area contributed by atoms with E-state index in [0.717, 1.165) is 42.2 Å². The van der Waals surface area contributed by atoms with E-state index in [1.54, 1.807) is 17.5 Å². The number of fused-ring (bicyclic) bond motifs is 1. The zero-order valence-electron chi connectivity index (χ0n) is 26.7. The number of H-pyrrole nitrogens is 1. The van der Waals surface area contributed by atoms with Crippen LogP contribution < -0.4 is 10.3 Å². The van der Waals surface area contributed by atoms with Crippen LogP contribution >= 0.6 is 0 Å². The molecule has 0 saturated carbocycles. The molecule has 244 valence electrons. The van der Waals surface area contributed by atoms with E-state index in [9.17, 15) is 18.3 Å². The fraction of sp³-hybridized carbons (Fsp3) is 0.645. The highest BCUT2D eigenvalue weighted by molar-refractivity contribution is 7.89. The second-order valence-corrected chi connectivity index (χ2v) is 13.6. The molecule has 0 bridgehead atoms. The molecule has 1 saturated heterocycles. The van der Waals surface area contributed by atoms with Gasteiger partial charge < -0.3 is 19.6 Å². The molecule has 1 aliphatic rings. The fourth-order valence-corrected chi connectivity index (χ4v) is 7.00. The number of aromatic nitrogens is 4. The molecule has 2 atom stereocenters. The molecule has 13 heteroatoms. The van der Waals surface area contributed by atoms with Crippen molar-refractivity contribution in [3.05, 3.63) is 40.1 Å². The van der Waals surface area contributed by atoms with E-state index in [4.69, 9.17) is 19.6 Å². The first kappa shape index (κ1) is 34.0. The SMILES string of the molecule is CCCCCCC(CC)c1nc(C)c2c(=O)[nH]c(-c3cc(S(=O)(=O)N(C)CC(O)CN4CCOCC4)ccc3OCC)nn12. The Morgan fingerprint density at radius 2 is 1.91 bits per heavy atom. The molecule has 12 nitrogen and oxygen atoms in total. The third kappa shape index (κ3) is 7.86. The van der Waals surface area contributed by atoms with Gasteiger partial charge in [0, 0.05) is 39.1 Å². The Bertz CT molecular complexity index is 1550. The zero-order chi connectivity index (χ0) is 31.9. The normalized spacial score (nSPS) is 16.1. The first-order valence-electron chi connectivity index (χ1n) is 15.8. The molecule has 0 aliphatic carbocycles. The van der Waals surface area contributed by atoms with Crippen LogP contribution in [0.2, 0.25) is 0 Å². The Labute approximate surface area is 260 Å². The van der Waals surface area contributed by atoms with Gasteiger partial charge in [-0.15, -0.1) is 5.10 Å². The van der Waals surface area contributed by atoms with Gasteiger partial charge >= 0.3 is 0 Å². The fourth-order valence-electron chi connectivity index (χ4n) is 5.76. The van der Waals surface area contributed by atoms with Crippen LogP contribution in [0.3, 0.4) is 0 Å². The lowest BCUT2D eigenvalue weighted by molar-refractivity contribution is 0.0123. The summed E-state index contributed by atoms with van der Waals surface area (Å²) in [5, 5.41) is 15.5. The van der Waals surface area contributed by atoms with Gasteiger partial charge in [-0.25, -0.2) is 17.9 Å². The molecule has 0 radical (unpaired) electrons. The minimum atomic E-state index is -3.99. The molecule has 3 aromatic rings. The van der Waals surface area contributed by atoms with E-state index in [-0.39, 0.29) is 28.7 Å². The Morgan fingerprint density at radius 3 is 2.59 bits per heavy atom. The van der Waals surface area contributed by atoms with Gasteiger partial charge in [0.05, 0.1) is 42.1 Å². The number of hydrogen-bond acceptors (Lipinski definition) is 9. The van der Waals surface area contributed by atoms with Crippen LogP contribution in [-0.4, -0.2) is 101 Å². The number of aliphatic hydroxyl groups is 1. The predicted molar refractivity (Wildman–Crippen MR) is 170 cm³/mol. The van der Waals surface area contributed by atoms with Gasteiger partial charge in [-0.05, 0) is 44.9 Å². The number of ether oxygens (including phenoxy) is 2. The minimum Gasteiger partial charge on any atom is -0.493 e. The van der Waals surface area contributed by atoms with Gasteiger partial charge in [0.2, 0.25) is 10.0 Å². The summed E-state index contributed by atoms with van der Waals surface area (Å²) < 4.78 is 41.3. The van der Waals surface area contributed by atoms with Crippen molar-refractivity contribution in [3.8, 4) is 17.1 Å². The molecular weight excluding hydrogens is 584 g/mol. The largest absolute Gasteiger partial charge is 0.493 e. The molecule has 4 rings (SSSR count). The van der Waals surface area contributed by atoms with Gasteiger partial charge in [0.1, 0.15) is 11.6 Å². The molecule has 44 heavy (non-hydrogen) atoms. The number of benzene rings is 1. The molecule has 1 fully saturated rings. The molecule has 2 aromatic heterocycles. The van der Waals surface area contributed by atoms with Crippen LogP contribution in [0.25, 0.3) is 16.9 Å². The predicted octanol–water partition coefficient (Wildman–Crippen LogP) is 3.57. The maximum Gasteiger partial charge on any atom is 0.277 e. The summed E-state index contributed by atoms with van der Waals surface area (Å²) in [5.41, 5.74) is 0.978. The average Bonchev–Trinajstić information content (AvgIpc) is 3.34. The number of aromatic amines is 1. The first-order chi connectivity index (χ1) is 21.1. The highest BCUT2D eigenvalue weighted by Gasteiger charge is 2.27. The Hall–Kier alpha value is -2.84. The molecular formula is C31H48N6O6S. The van der Waals surface area contributed by atoms with Crippen molar-refractivity contribution in [1.82, 2.24) is 28.8 Å². The third-order valence-electron chi connectivity index (χ3n) is 8.22. The highest BCUT2D eigenvalue weighted by atomic mass is 32.2. The Kier molecular flexibility index (Phi) is 11.9. The van der Waals surface area contributed by atoms with Crippen LogP contribution in [0.4, 0.5) is 0 Å². The van der Waals surface area contributed by atoms with Crippen molar-refractivity contribution in [1.29, 1.82) is 0 Å². The van der Waals surface area contributed by atoms with E-state index >= 15 is 0 Å². The molecule has 3 heterocycles. The van der Waals surface area contributed by atoms with E-state index in [1.807, 2.05) is 6.92 Å². The maximum atomic E-state index is 13.7. The lowest BCUT2D eigenvalue weighted by Gasteiger charge is -2.30. The molecule has 0 amide bonds. The lowest BCUT2D eigenvalue weighted by Crippen LogP contribution is -2.45. The number of nitrogens with one attached hydrogen (secondary N) is 1. The lowest BCUT2D eigenvalue weighted by atomic mass is 9.97. The molecule has 2 N–H and O–H groups in total. The number of sulfonamides is 1. The zero-order valence-corrected chi connectivity index (χ0v) is 27.5. The molecule has 1 aliphatic heterocycles. The summed E-state index contributed by atoms with van der Waals surface area (Å²) in [6.45, 7) is 11.1. The van der Waals surface area contributed by atoms with Crippen molar-refractivity contribution in [2.24, 2.45) is 0 Å². The summed E-state index contributed by atoms with van der Waals surface area (Å²) in [6, 6.07) is 4.53. The Morgan fingerprint density at radius 1 is 1.16 bits per heavy atom. The Balaban J connectivity index is 1.68. The van der Waals surface area contributed by atoms with Crippen LogP contribution in [0.15, 0.2) is 27.9 Å². The van der Waals surface area contributed by atoms with E-state index in [0.29, 0.717) is 62.0 Å². The number of rotatable bonds is 16. The standard InChI is InChI=1S/C31H48N6O6S/c1-6-9-10-11-12-23(7-2)30-32-22(4)28-31(39)33-29(34-37(28)30)26-19-25(13-14-27(26)43-8-3)44(40,41)35(5)20-24(38)21-36-15-17-42-18-16-36/h13-14,19,23-24,38H,6-12,15-18,20-21H2,1-5H3,(H,33,34,39). The number of β-amino-alcohol motifs (C(OH)–C–C–N with tert-alkyl or cyclic N) is 1. The highest BCUT2D eigenvalue weighted by Crippen LogP contribution is 2.32. The third-order valence-corrected chi connectivity index (χ3v) is 10.0. The number of aliphatic hydroxyl groups excluding tert-OH is 1. The summed E-state index contributed by atoms with van der Waals surface area (Å²) in [4.78, 5) is 23.1. The molecule has 1 aromatic carbocycles. The summed E-state index contributed by atoms with van der Waals surface area (Å²) >= 11 is 0. The van der Waals surface area contributed by atoms with Gasteiger partial charge in [0.15, 0.2) is 11.3 Å². The van der Waals surface area contributed by atoms with Crippen LogP contribution in [0, 0.1) is 6.92 Å². The quantitative estimate of drug-likeness (QED) is 0.227. The van der Waals surface area contributed by atoms with E-state index in [2.05, 4.69) is 23.7 Å². The minimum absolute atomic E-state index is 0.00386. The van der Waals surface area contributed by atoms with Gasteiger partial charge in [-0.1, -0.05) is 39.5 Å². The van der Waals surface area contributed by atoms with Crippen LogP contribution in [-0.2, 0) is 14.8 Å². The number of unbranched alkanes of at least 4 members (excludes halogenated alkanes) is 3. The maximum absolute atomic E-state index is 13.7. The van der Waals surface area contributed by atoms with Gasteiger partial charge in [-0.3, -0.25) is 9.69 Å². The van der Waals surface area contributed by atoms with Gasteiger partial charge in [-0.2, -0.15) is 4.31 Å². The number of nitrogens with zero attached hydrogens (tertiary/aromatic N) is 5. The number of aryl methyl sites for hydroxylation is 1. The summed E-state index contributed by atoms with van der Waals surface area (Å²) in [5.74, 6) is 1.46. The number of likely N-dealkylation sites (N-methyl/N-ethyl adjacent to an activating group) is 1. The van der Waals surface area contributed by atoms with Crippen molar-refractivity contribution in [2.75, 3.05) is 53.0 Å². The number of imidazole rings is 1. The average molecular weight is 633 g/mol. The topological polar surface area (TPSA) is 142 Å². The van der Waals surface area contributed by atoms with Gasteiger partial charge in [0.25, 0.3) is 5.56 Å². The van der Waals surface area contributed by atoms with Crippen molar-refractivity contribution in [2.45, 2.75) is 83.1 Å². The molecule has 0 spiro atoms. The van der Waals surface area contributed by atoms with Crippen molar-refractivity contribution < 1.29 is 23.0 Å². The smallest absolute Gasteiger partial charge is 0.277 e. The van der Waals surface area contributed by atoms with Crippen LogP contribution in [0.5, 0.6) is 5.75 Å².